The van der Waals surface area contributed by atoms with Crippen molar-refractivity contribution in [1.29, 1.82) is 0 Å². The summed E-state index contributed by atoms with van der Waals surface area (Å²) < 4.78 is 0. The first-order valence-electron chi connectivity index (χ1n) is 14.6. The second-order valence-electron chi connectivity index (χ2n) is 11.0. The molecule has 0 radical (unpaired) electrons. The highest BCUT2D eigenvalue weighted by Crippen LogP contribution is 2.31. The molecule has 0 aliphatic heterocycles. The van der Waals surface area contributed by atoms with Gasteiger partial charge in [-0.15, -0.1) is 0 Å². The third kappa shape index (κ3) is 13.1. The van der Waals surface area contributed by atoms with Crippen LogP contribution in [0.5, 0.6) is 0 Å². The summed E-state index contributed by atoms with van der Waals surface area (Å²) in [6.07, 6.45) is 24.5. The normalized spacial score (nSPS) is 21.0. The zero-order chi connectivity index (χ0) is 25.1. The van der Waals surface area contributed by atoms with Crippen LogP contribution >= 0.6 is 0 Å². The van der Waals surface area contributed by atoms with Crippen molar-refractivity contribution in [3.8, 4) is 0 Å². The number of hydrogen-bond acceptors (Lipinski definition) is 3. The van der Waals surface area contributed by atoms with Gasteiger partial charge in [-0.2, -0.15) is 0 Å². The summed E-state index contributed by atoms with van der Waals surface area (Å²) in [5.41, 5.74) is -0.123. The van der Waals surface area contributed by atoms with E-state index in [-0.39, 0.29) is 23.4 Å². The zero-order valence-electron chi connectivity index (χ0n) is 23.1. The first-order chi connectivity index (χ1) is 16.4. The summed E-state index contributed by atoms with van der Waals surface area (Å²) in [6.45, 7) is 4.55. The molecule has 2 amide bonds. The first-order valence-corrected chi connectivity index (χ1v) is 14.6. The Morgan fingerprint density at radius 1 is 0.676 bits per heavy atom. The molecular weight excluding hydrogens is 422 g/mol. The summed E-state index contributed by atoms with van der Waals surface area (Å²) >= 11 is 0. The minimum atomic E-state index is -0.319. The third-order valence-corrected chi connectivity index (χ3v) is 8.06. The van der Waals surface area contributed by atoms with E-state index in [0.717, 1.165) is 12.8 Å². The Kier molecular flexibility index (Phi) is 17.4. The fourth-order valence-corrected chi connectivity index (χ4v) is 5.52. The summed E-state index contributed by atoms with van der Waals surface area (Å²) in [6, 6.07) is -0.319. The fraction of sp³-hybridized carbons (Fsp3) is 0.931. The number of likely N-dealkylation sites (N-methyl/N-ethyl adjacent to an activating group) is 2. The minimum absolute atomic E-state index is 0.0548. The van der Waals surface area contributed by atoms with Gasteiger partial charge in [0.05, 0.1) is 6.04 Å². The summed E-state index contributed by atoms with van der Waals surface area (Å²) in [4.78, 5) is 25.0. The molecule has 1 rings (SSSR count). The van der Waals surface area contributed by atoms with Crippen LogP contribution in [0.2, 0.25) is 0 Å². The lowest BCUT2D eigenvalue weighted by Gasteiger charge is -2.39. The first kappa shape index (κ1) is 30.9. The Labute approximate surface area is 211 Å². The highest BCUT2D eigenvalue weighted by molar-refractivity contribution is 5.83. The van der Waals surface area contributed by atoms with Gasteiger partial charge < -0.3 is 16.0 Å². The van der Waals surface area contributed by atoms with Gasteiger partial charge in [0.1, 0.15) is 0 Å². The molecule has 1 aliphatic carbocycles. The van der Waals surface area contributed by atoms with E-state index >= 15 is 0 Å². The van der Waals surface area contributed by atoms with Gasteiger partial charge in [0.15, 0.2) is 0 Å². The van der Waals surface area contributed by atoms with Gasteiger partial charge in [0.25, 0.3) is 0 Å². The Morgan fingerprint density at radius 2 is 1.06 bits per heavy atom. The van der Waals surface area contributed by atoms with E-state index in [1.807, 2.05) is 0 Å². The van der Waals surface area contributed by atoms with Gasteiger partial charge in [-0.1, -0.05) is 117 Å². The molecule has 0 spiro atoms. The Morgan fingerprint density at radius 3 is 1.38 bits per heavy atom. The minimum Gasteiger partial charge on any atom is -0.358 e. The van der Waals surface area contributed by atoms with E-state index in [9.17, 15) is 9.59 Å². The average molecular weight is 480 g/mol. The molecule has 0 heterocycles. The van der Waals surface area contributed by atoms with Crippen LogP contribution in [0.25, 0.3) is 0 Å². The van der Waals surface area contributed by atoms with Crippen molar-refractivity contribution in [3.63, 3.8) is 0 Å². The summed E-state index contributed by atoms with van der Waals surface area (Å²) in [7, 11) is 3.42. The molecule has 1 fully saturated rings. The maximum atomic E-state index is 13.0. The largest absolute Gasteiger partial charge is 0.358 e. The van der Waals surface area contributed by atoms with Gasteiger partial charge >= 0.3 is 0 Å². The maximum Gasteiger partial charge on any atom is 0.236 e. The van der Waals surface area contributed by atoms with E-state index < -0.39 is 0 Å². The highest BCUT2D eigenvalue weighted by atomic mass is 16.2. The number of nitrogens with one attached hydrogen (secondary N) is 3. The van der Waals surface area contributed by atoms with Crippen LogP contribution in [0.1, 0.15) is 142 Å². The SMILES string of the molecule is CNC(=O)C(CCC(=O)NC1(C(C)C)CCCCCCCCCCCCCCCCCC1)NC. The lowest BCUT2D eigenvalue weighted by atomic mass is 9.77. The van der Waals surface area contributed by atoms with Crippen LogP contribution in [0.4, 0.5) is 0 Å². The van der Waals surface area contributed by atoms with Crippen molar-refractivity contribution < 1.29 is 9.59 Å². The third-order valence-electron chi connectivity index (χ3n) is 8.06. The summed E-state index contributed by atoms with van der Waals surface area (Å²) in [5.74, 6) is 0.446. The van der Waals surface area contributed by atoms with Crippen molar-refractivity contribution in [2.24, 2.45) is 5.92 Å². The zero-order valence-corrected chi connectivity index (χ0v) is 23.1. The van der Waals surface area contributed by atoms with Gasteiger partial charge in [-0.3, -0.25) is 9.59 Å². The smallest absolute Gasteiger partial charge is 0.236 e. The fourth-order valence-electron chi connectivity index (χ4n) is 5.52. The molecule has 1 saturated carbocycles. The van der Waals surface area contributed by atoms with Crippen molar-refractivity contribution in [1.82, 2.24) is 16.0 Å². The van der Waals surface area contributed by atoms with E-state index in [1.165, 1.54) is 103 Å². The molecule has 0 bridgehead atoms. The van der Waals surface area contributed by atoms with Crippen LogP contribution in [0, 0.1) is 5.92 Å². The standard InChI is InChI=1S/C29H57N3O2/c1-25(2)29(32-27(33)22-21-26(30-3)28(34)31-4)23-19-17-15-13-11-9-7-5-6-8-10-12-14-16-18-20-24-29/h25-26,30H,5-24H2,1-4H3,(H,31,34)(H,32,33). The molecule has 0 aromatic heterocycles. The lowest BCUT2D eigenvalue weighted by molar-refractivity contribution is -0.125. The van der Waals surface area contributed by atoms with Crippen LogP contribution in [0.3, 0.4) is 0 Å². The molecular formula is C29H57N3O2. The predicted molar refractivity (Wildman–Crippen MR) is 145 cm³/mol. The number of carbonyl (C=O) groups is 2. The Balaban J connectivity index is 2.71. The second-order valence-corrected chi connectivity index (χ2v) is 11.0. The van der Waals surface area contributed by atoms with E-state index in [2.05, 4.69) is 29.8 Å². The van der Waals surface area contributed by atoms with E-state index in [0.29, 0.717) is 18.8 Å². The summed E-state index contributed by atoms with van der Waals surface area (Å²) in [5, 5.41) is 9.21. The quantitative estimate of drug-likeness (QED) is 0.383. The van der Waals surface area contributed by atoms with E-state index in [4.69, 9.17) is 0 Å². The molecule has 5 heteroatoms. The molecule has 1 aliphatic rings. The number of carbonyl (C=O) groups excluding carboxylic acids is 2. The van der Waals surface area contributed by atoms with Gasteiger partial charge in [0.2, 0.25) is 11.8 Å². The molecule has 200 valence electrons. The van der Waals surface area contributed by atoms with E-state index in [1.54, 1.807) is 14.1 Å². The van der Waals surface area contributed by atoms with Crippen molar-refractivity contribution >= 4 is 11.8 Å². The van der Waals surface area contributed by atoms with Crippen molar-refractivity contribution in [3.05, 3.63) is 0 Å². The van der Waals surface area contributed by atoms with Crippen LogP contribution < -0.4 is 16.0 Å². The van der Waals surface area contributed by atoms with Gasteiger partial charge in [0, 0.05) is 19.0 Å². The molecule has 34 heavy (non-hydrogen) atoms. The van der Waals surface area contributed by atoms with Gasteiger partial charge in [-0.05, 0) is 32.2 Å². The molecule has 1 atom stereocenters. The molecule has 0 aromatic rings. The molecule has 5 nitrogen and oxygen atoms in total. The average Bonchev–Trinajstić information content (AvgIpc) is 2.82. The van der Waals surface area contributed by atoms with Crippen molar-refractivity contribution in [2.45, 2.75) is 154 Å². The number of amides is 2. The highest BCUT2D eigenvalue weighted by Gasteiger charge is 2.34. The van der Waals surface area contributed by atoms with Crippen LogP contribution in [-0.2, 0) is 9.59 Å². The maximum absolute atomic E-state index is 13.0. The lowest BCUT2D eigenvalue weighted by Crippen LogP contribution is -2.53. The molecule has 0 saturated heterocycles. The second kappa shape index (κ2) is 19.1. The topological polar surface area (TPSA) is 70.2 Å². The molecule has 1 unspecified atom stereocenters. The predicted octanol–water partition coefficient (Wildman–Crippen LogP) is 6.65. The van der Waals surface area contributed by atoms with Crippen LogP contribution in [-0.4, -0.2) is 37.5 Å². The molecule has 0 aromatic carbocycles. The monoisotopic (exact) mass is 479 g/mol. The Hall–Kier alpha value is -1.10. The number of hydrogen-bond donors (Lipinski definition) is 3. The van der Waals surface area contributed by atoms with Gasteiger partial charge in [-0.25, -0.2) is 0 Å². The van der Waals surface area contributed by atoms with Crippen molar-refractivity contribution in [2.75, 3.05) is 14.1 Å². The Bertz CT molecular complexity index is 515. The molecule has 3 N–H and O–H groups in total. The number of rotatable bonds is 7. The van der Waals surface area contributed by atoms with Crippen LogP contribution in [0.15, 0.2) is 0 Å².